The molecule has 1 aromatic rings. The number of hydrogen-bond donors (Lipinski definition) is 1. The predicted octanol–water partition coefficient (Wildman–Crippen LogP) is 1.92. The van der Waals surface area contributed by atoms with Crippen LogP contribution in [0.1, 0.15) is 24.4 Å². The van der Waals surface area contributed by atoms with Crippen molar-refractivity contribution in [3.63, 3.8) is 0 Å². The first-order valence-electron chi connectivity index (χ1n) is 6.65. The number of piperidine rings is 3. The van der Waals surface area contributed by atoms with Crippen LogP contribution in [-0.2, 0) is 0 Å². The van der Waals surface area contributed by atoms with Crippen molar-refractivity contribution in [3.8, 4) is 0 Å². The van der Waals surface area contributed by atoms with Gasteiger partial charge in [0.2, 0.25) is 0 Å². The van der Waals surface area contributed by atoms with Gasteiger partial charge >= 0.3 is 0 Å². The van der Waals surface area contributed by atoms with Crippen LogP contribution in [0, 0.1) is 11.7 Å². The minimum absolute atomic E-state index is 0.177. The maximum absolute atomic E-state index is 13.0. The second-order valence-electron chi connectivity index (χ2n) is 5.45. The Labute approximate surface area is 106 Å². The van der Waals surface area contributed by atoms with E-state index in [1.54, 1.807) is 0 Å². The quantitative estimate of drug-likeness (QED) is 0.818. The van der Waals surface area contributed by atoms with E-state index in [0.717, 1.165) is 5.56 Å². The highest BCUT2D eigenvalue weighted by Gasteiger charge is 2.46. The molecule has 4 aliphatic rings. The molecule has 0 radical (unpaired) electrons. The molecule has 2 unspecified atom stereocenters. The first-order chi connectivity index (χ1) is 8.83. The van der Waals surface area contributed by atoms with Crippen LogP contribution in [0.3, 0.4) is 0 Å². The minimum Gasteiger partial charge on any atom is -0.301 e. The lowest BCUT2D eigenvalue weighted by Gasteiger charge is -2.45. The van der Waals surface area contributed by atoms with Gasteiger partial charge in [-0.2, -0.15) is 5.10 Å². The number of rotatable bonds is 1. The average molecular weight is 245 g/mol. The second kappa shape index (κ2) is 3.79. The maximum Gasteiger partial charge on any atom is 0.123 e. The summed E-state index contributed by atoms with van der Waals surface area (Å²) in [5.74, 6) is 0.487. The van der Waals surface area contributed by atoms with Crippen molar-refractivity contribution < 1.29 is 4.39 Å². The van der Waals surface area contributed by atoms with Crippen molar-refractivity contribution in [3.05, 3.63) is 35.6 Å². The van der Waals surface area contributed by atoms with Crippen molar-refractivity contribution in [1.29, 1.82) is 0 Å². The Balaban J connectivity index is 1.67. The third-order valence-electron chi connectivity index (χ3n) is 4.52. The third kappa shape index (κ3) is 1.42. The van der Waals surface area contributed by atoms with Crippen molar-refractivity contribution in [2.45, 2.75) is 24.9 Å². The van der Waals surface area contributed by atoms with E-state index in [-0.39, 0.29) is 11.9 Å². The zero-order chi connectivity index (χ0) is 12.1. The normalized spacial score (nSPS) is 37.1. The van der Waals surface area contributed by atoms with Crippen LogP contribution < -0.4 is 5.43 Å². The van der Waals surface area contributed by atoms with E-state index in [1.165, 1.54) is 43.8 Å². The summed E-state index contributed by atoms with van der Waals surface area (Å²) in [6.45, 7) is 2.35. The number of nitrogens with one attached hydrogen (secondary N) is 1. The molecular formula is C14H16FN3. The molecule has 4 heteroatoms. The summed E-state index contributed by atoms with van der Waals surface area (Å²) in [6.07, 6.45) is 2.49. The van der Waals surface area contributed by atoms with E-state index in [0.29, 0.717) is 12.0 Å². The molecule has 4 aliphatic heterocycles. The number of fused-ring (bicyclic) bond motifs is 2. The first kappa shape index (κ1) is 10.5. The van der Waals surface area contributed by atoms with Crippen molar-refractivity contribution in [2.24, 2.45) is 11.0 Å². The minimum atomic E-state index is -0.177. The molecule has 3 saturated heterocycles. The van der Waals surface area contributed by atoms with Crippen molar-refractivity contribution in [1.82, 2.24) is 10.3 Å². The van der Waals surface area contributed by atoms with Gasteiger partial charge in [0.25, 0.3) is 0 Å². The first-order valence-corrected chi connectivity index (χ1v) is 6.65. The number of hydrogen-bond acceptors (Lipinski definition) is 3. The SMILES string of the molecule is Fc1ccc(C2NN=C3C4CCN(CC4)C32)cc1. The fraction of sp³-hybridized carbons (Fsp3) is 0.500. The largest absolute Gasteiger partial charge is 0.301 e. The summed E-state index contributed by atoms with van der Waals surface area (Å²) in [5.41, 5.74) is 5.71. The fourth-order valence-electron chi connectivity index (χ4n) is 3.58. The molecule has 0 aromatic heterocycles. The van der Waals surface area contributed by atoms with Crippen LogP contribution >= 0.6 is 0 Å². The lowest BCUT2D eigenvalue weighted by molar-refractivity contribution is 0.133. The van der Waals surface area contributed by atoms with Crippen LogP contribution in [0.15, 0.2) is 29.4 Å². The van der Waals surface area contributed by atoms with Gasteiger partial charge in [-0.05, 0) is 43.6 Å². The lowest BCUT2D eigenvalue weighted by Crippen LogP contribution is -2.56. The Morgan fingerprint density at radius 1 is 1.17 bits per heavy atom. The highest BCUT2D eigenvalue weighted by atomic mass is 19.1. The van der Waals surface area contributed by atoms with Crippen LogP contribution in [0.25, 0.3) is 0 Å². The van der Waals surface area contributed by atoms with Gasteiger partial charge < -0.3 is 5.43 Å². The van der Waals surface area contributed by atoms with E-state index in [2.05, 4.69) is 15.4 Å². The van der Waals surface area contributed by atoms with Gasteiger partial charge in [-0.3, -0.25) is 4.90 Å². The van der Waals surface area contributed by atoms with Crippen molar-refractivity contribution in [2.75, 3.05) is 13.1 Å². The Morgan fingerprint density at radius 3 is 2.61 bits per heavy atom. The van der Waals surface area contributed by atoms with Gasteiger partial charge in [0, 0.05) is 5.92 Å². The van der Waals surface area contributed by atoms with Crippen LogP contribution in [-0.4, -0.2) is 29.7 Å². The van der Waals surface area contributed by atoms with Gasteiger partial charge in [-0.25, -0.2) is 4.39 Å². The molecule has 94 valence electrons. The zero-order valence-electron chi connectivity index (χ0n) is 10.1. The monoisotopic (exact) mass is 245 g/mol. The van der Waals surface area contributed by atoms with Gasteiger partial charge in [0.05, 0.1) is 17.8 Å². The van der Waals surface area contributed by atoms with E-state index in [9.17, 15) is 4.39 Å². The molecule has 1 N–H and O–H groups in total. The lowest BCUT2D eigenvalue weighted by atomic mass is 9.78. The summed E-state index contributed by atoms with van der Waals surface area (Å²) in [4.78, 5) is 2.52. The molecule has 0 aliphatic carbocycles. The topological polar surface area (TPSA) is 27.6 Å². The molecule has 1 aromatic carbocycles. The maximum atomic E-state index is 13.0. The molecule has 0 spiro atoms. The molecule has 3 fully saturated rings. The highest BCUT2D eigenvalue weighted by molar-refractivity contribution is 5.95. The Hall–Kier alpha value is -1.42. The number of benzene rings is 1. The average Bonchev–Trinajstić information content (AvgIpc) is 2.88. The Morgan fingerprint density at radius 2 is 1.89 bits per heavy atom. The summed E-state index contributed by atoms with van der Waals surface area (Å²) < 4.78 is 13.0. The van der Waals surface area contributed by atoms with Crippen molar-refractivity contribution >= 4 is 5.71 Å². The molecule has 0 amide bonds. The molecule has 2 atom stereocenters. The predicted molar refractivity (Wildman–Crippen MR) is 67.8 cm³/mol. The molecule has 0 saturated carbocycles. The molecule has 3 nitrogen and oxygen atoms in total. The molecule has 5 rings (SSSR count). The smallest absolute Gasteiger partial charge is 0.123 e. The molecular weight excluding hydrogens is 229 g/mol. The number of hydrazone groups is 1. The molecule has 18 heavy (non-hydrogen) atoms. The van der Waals surface area contributed by atoms with Crippen LogP contribution in [0.2, 0.25) is 0 Å². The van der Waals surface area contributed by atoms with Crippen LogP contribution in [0.4, 0.5) is 4.39 Å². The standard InChI is InChI=1S/C14H16FN3/c15-11-3-1-9(2-4-11)12-14-13(17-16-12)10-5-7-18(14)8-6-10/h1-4,10,12,14,16H,5-8H2. The van der Waals surface area contributed by atoms with E-state index < -0.39 is 0 Å². The zero-order valence-corrected chi connectivity index (χ0v) is 10.1. The number of nitrogens with zero attached hydrogens (tertiary/aromatic N) is 2. The van der Waals surface area contributed by atoms with Gasteiger partial charge in [-0.1, -0.05) is 12.1 Å². The summed E-state index contributed by atoms with van der Waals surface area (Å²) >= 11 is 0. The Bertz CT molecular complexity index is 488. The fourth-order valence-corrected chi connectivity index (χ4v) is 3.58. The summed E-state index contributed by atoms with van der Waals surface area (Å²) in [7, 11) is 0. The highest BCUT2D eigenvalue weighted by Crippen LogP contribution is 2.38. The second-order valence-corrected chi connectivity index (χ2v) is 5.45. The Kier molecular flexibility index (Phi) is 2.21. The van der Waals surface area contributed by atoms with Gasteiger partial charge in [0.15, 0.2) is 0 Å². The third-order valence-corrected chi connectivity index (χ3v) is 4.52. The number of halogens is 1. The van der Waals surface area contributed by atoms with E-state index in [4.69, 9.17) is 0 Å². The summed E-state index contributed by atoms with van der Waals surface area (Å²) in [6, 6.07) is 7.40. The van der Waals surface area contributed by atoms with E-state index >= 15 is 0 Å². The van der Waals surface area contributed by atoms with E-state index in [1.807, 2.05) is 12.1 Å². The van der Waals surface area contributed by atoms with Gasteiger partial charge in [-0.15, -0.1) is 0 Å². The molecule has 4 heterocycles. The van der Waals surface area contributed by atoms with Gasteiger partial charge in [0.1, 0.15) is 5.82 Å². The molecule has 2 bridgehead atoms. The van der Waals surface area contributed by atoms with Crippen LogP contribution in [0.5, 0.6) is 0 Å². The summed E-state index contributed by atoms with van der Waals surface area (Å²) in [5, 5.41) is 4.55.